The molecule has 1 atom stereocenters. The molecule has 6 nitrogen and oxygen atoms in total. The van der Waals surface area contributed by atoms with E-state index in [2.05, 4.69) is 0 Å². The van der Waals surface area contributed by atoms with Crippen LogP contribution in [-0.4, -0.2) is 30.9 Å². The lowest BCUT2D eigenvalue weighted by molar-refractivity contribution is 0.0600. The van der Waals surface area contributed by atoms with Gasteiger partial charge in [0.15, 0.2) is 5.43 Å². The van der Waals surface area contributed by atoms with Gasteiger partial charge in [-0.15, -0.1) is 0 Å². The van der Waals surface area contributed by atoms with Crippen molar-refractivity contribution in [1.29, 1.82) is 0 Å². The minimum atomic E-state index is -0.569. The maximum absolute atomic E-state index is 13.3. The predicted octanol–water partition coefficient (Wildman–Crippen LogP) is 3.32. The van der Waals surface area contributed by atoms with E-state index in [9.17, 15) is 14.4 Å². The maximum Gasteiger partial charge on any atom is 0.337 e. The molecule has 6 heteroatoms. The molecule has 4 rings (SSSR count). The Hall–Kier alpha value is -3.41. The van der Waals surface area contributed by atoms with Crippen LogP contribution in [0.25, 0.3) is 11.0 Å². The third-order valence-corrected chi connectivity index (χ3v) is 5.22. The zero-order chi connectivity index (χ0) is 20.0. The zero-order valence-corrected chi connectivity index (χ0v) is 15.8. The second-order valence-corrected chi connectivity index (χ2v) is 6.79. The van der Waals surface area contributed by atoms with Crippen LogP contribution in [0.3, 0.4) is 0 Å². The summed E-state index contributed by atoms with van der Waals surface area (Å²) >= 11 is 0. The summed E-state index contributed by atoms with van der Waals surface area (Å²) in [5.41, 5.74) is 2.68. The van der Waals surface area contributed by atoms with Crippen molar-refractivity contribution < 1.29 is 18.7 Å². The van der Waals surface area contributed by atoms with Gasteiger partial charge in [-0.2, -0.15) is 0 Å². The molecule has 0 N–H and O–H groups in total. The van der Waals surface area contributed by atoms with E-state index in [1.807, 2.05) is 19.1 Å². The number of hydrogen-bond donors (Lipinski definition) is 0. The van der Waals surface area contributed by atoms with Crippen molar-refractivity contribution in [2.75, 3.05) is 14.2 Å². The van der Waals surface area contributed by atoms with Gasteiger partial charge in [-0.3, -0.25) is 9.59 Å². The number of hydrogen-bond acceptors (Lipinski definition) is 5. The number of aryl methyl sites for hydroxylation is 1. The highest BCUT2D eigenvalue weighted by Gasteiger charge is 2.40. The van der Waals surface area contributed by atoms with Gasteiger partial charge < -0.3 is 14.1 Å². The standard InChI is InChI=1S/C22H19NO5/c1-4-12-5-10-16-15(11-12)19(24)17-18(23(2)21(25)20(17)28-16)13-6-8-14(9-7-13)22(26)27-3/h5-11,18H,4H2,1-3H3. The van der Waals surface area contributed by atoms with E-state index in [1.165, 1.54) is 12.0 Å². The molecule has 142 valence electrons. The van der Waals surface area contributed by atoms with E-state index in [0.29, 0.717) is 22.1 Å². The second-order valence-electron chi connectivity index (χ2n) is 6.79. The van der Waals surface area contributed by atoms with Crippen molar-refractivity contribution in [3.8, 4) is 0 Å². The monoisotopic (exact) mass is 377 g/mol. The fourth-order valence-electron chi connectivity index (χ4n) is 3.66. The van der Waals surface area contributed by atoms with E-state index < -0.39 is 12.0 Å². The summed E-state index contributed by atoms with van der Waals surface area (Å²) in [6.07, 6.45) is 0.795. The van der Waals surface area contributed by atoms with E-state index in [4.69, 9.17) is 9.15 Å². The number of carbonyl (C=O) groups excluding carboxylic acids is 2. The first-order chi connectivity index (χ1) is 13.5. The van der Waals surface area contributed by atoms with Crippen LogP contribution in [0.5, 0.6) is 0 Å². The van der Waals surface area contributed by atoms with Gasteiger partial charge in [0.1, 0.15) is 5.58 Å². The molecule has 0 bridgehead atoms. The lowest BCUT2D eigenvalue weighted by Gasteiger charge is -2.20. The van der Waals surface area contributed by atoms with Crippen molar-refractivity contribution in [2.24, 2.45) is 0 Å². The molecule has 0 aliphatic carbocycles. The van der Waals surface area contributed by atoms with E-state index in [0.717, 1.165) is 17.5 Å². The number of ether oxygens (including phenoxy) is 1. The van der Waals surface area contributed by atoms with Crippen LogP contribution in [0.15, 0.2) is 51.7 Å². The first kappa shape index (κ1) is 18.0. The highest BCUT2D eigenvalue weighted by atomic mass is 16.5. The van der Waals surface area contributed by atoms with Crippen LogP contribution < -0.4 is 5.43 Å². The minimum Gasteiger partial charge on any atom is -0.465 e. The van der Waals surface area contributed by atoms with Crippen LogP contribution in [0.2, 0.25) is 0 Å². The van der Waals surface area contributed by atoms with Crippen LogP contribution in [-0.2, 0) is 11.2 Å². The number of rotatable bonds is 3. The fourth-order valence-corrected chi connectivity index (χ4v) is 3.66. The molecule has 1 unspecified atom stereocenters. The number of carbonyl (C=O) groups is 2. The number of benzene rings is 2. The van der Waals surface area contributed by atoms with Gasteiger partial charge in [-0.05, 0) is 41.8 Å². The number of nitrogens with zero attached hydrogens (tertiary/aromatic N) is 1. The van der Waals surface area contributed by atoms with E-state index >= 15 is 0 Å². The molecular weight excluding hydrogens is 358 g/mol. The lowest BCUT2D eigenvalue weighted by Crippen LogP contribution is -2.25. The van der Waals surface area contributed by atoms with Crippen LogP contribution in [0, 0.1) is 0 Å². The molecular formula is C22H19NO5. The van der Waals surface area contributed by atoms with Crippen molar-refractivity contribution in [3.63, 3.8) is 0 Å². The van der Waals surface area contributed by atoms with E-state index in [-0.39, 0.29) is 17.1 Å². The third kappa shape index (κ3) is 2.60. The van der Waals surface area contributed by atoms with Gasteiger partial charge in [0.25, 0.3) is 5.91 Å². The van der Waals surface area contributed by atoms with Crippen molar-refractivity contribution in [1.82, 2.24) is 4.90 Å². The van der Waals surface area contributed by atoms with Crippen molar-refractivity contribution in [3.05, 3.63) is 80.7 Å². The molecule has 0 saturated carbocycles. The molecule has 28 heavy (non-hydrogen) atoms. The molecule has 0 radical (unpaired) electrons. The smallest absolute Gasteiger partial charge is 0.337 e. The van der Waals surface area contributed by atoms with Gasteiger partial charge in [-0.25, -0.2) is 4.79 Å². The van der Waals surface area contributed by atoms with Crippen LogP contribution in [0.4, 0.5) is 0 Å². The quantitative estimate of drug-likeness (QED) is 0.655. The SMILES string of the molecule is CCc1ccc2oc3c(c(=O)c2c1)C(c1ccc(C(=O)OC)cc1)N(C)C3=O. The first-order valence-electron chi connectivity index (χ1n) is 9.01. The average molecular weight is 377 g/mol. The molecule has 1 aliphatic rings. The Kier molecular flexibility index (Phi) is 4.26. The molecule has 3 aromatic rings. The molecule has 2 aromatic carbocycles. The third-order valence-electron chi connectivity index (χ3n) is 5.22. The Morgan fingerprint density at radius 1 is 1.14 bits per heavy atom. The van der Waals surface area contributed by atoms with Crippen LogP contribution in [0.1, 0.15) is 50.6 Å². The van der Waals surface area contributed by atoms with Gasteiger partial charge in [-0.1, -0.05) is 25.1 Å². The van der Waals surface area contributed by atoms with E-state index in [1.54, 1.807) is 37.4 Å². The highest BCUT2D eigenvalue weighted by Crippen LogP contribution is 2.37. The first-order valence-corrected chi connectivity index (χ1v) is 9.01. The highest BCUT2D eigenvalue weighted by molar-refractivity contribution is 5.99. The molecule has 0 saturated heterocycles. The Bertz CT molecular complexity index is 1160. The summed E-state index contributed by atoms with van der Waals surface area (Å²) in [5.74, 6) is -0.706. The maximum atomic E-state index is 13.3. The fraction of sp³-hybridized carbons (Fsp3) is 0.227. The van der Waals surface area contributed by atoms with Gasteiger partial charge in [0.2, 0.25) is 5.76 Å². The Morgan fingerprint density at radius 3 is 2.50 bits per heavy atom. The second kappa shape index (κ2) is 6.64. The topological polar surface area (TPSA) is 76.8 Å². The predicted molar refractivity (Wildman–Crippen MR) is 104 cm³/mol. The number of fused-ring (bicyclic) bond motifs is 2. The zero-order valence-electron chi connectivity index (χ0n) is 15.8. The van der Waals surface area contributed by atoms with Crippen molar-refractivity contribution in [2.45, 2.75) is 19.4 Å². The molecule has 1 amide bonds. The summed E-state index contributed by atoms with van der Waals surface area (Å²) in [4.78, 5) is 39.2. The van der Waals surface area contributed by atoms with Gasteiger partial charge >= 0.3 is 5.97 Å². The van der Waals surface area contributed by atoms with Crippen molar-refractivity contribution >= 4 is 22.8 Å². The summed E-state index contributed by atoms with van der Waals surface area (Å²) in [6, 6.07) is 11.6. The van der Waals surface area contributed by atoms with Gasteiger partial charge in [0, 0.05) is 7.05 Å². The molecule has 2 heterocycles. The molecule has 1 aliphatic heterocycles. The minimum absolute atomic E-state index is 0.0753. The largest absolute Gasteiger partial charge is 0.465 e. The number of amides is 1. The number of esters is 1. The number of methoxy groups -OCH3 is 1. The summed E-state index contributed by atoms with van der Waals surface area (Å²) in [6.45, 7) is 2.01. The summed E-state index contributed by atoms with van der Waals surface area (Å²) in [7, 11) is 2.95. The Labute approximate surface area is 161 Å². The summed E-state index contributed by atoms with van der Waals surface area (Å²) in [5, 5.41) is 0.470. The van der Waals surface area contributed by atoms with Gasteiger partial charge in [0.05, 0.1) is 29.7 Å². The Balaban J connectivity index is 1.90. The average Bonchev–Trinajstić information content (AvgIpc) is 2.98. The molecule has 0 spiro atoms. The molecule has 0 fully saturated rings. The van der Waals surface area contributed by atoms with Crippen LogP contribution >= 0.6 is 0 Å². The molecule has 1 aromatic heterocycles. The Morgan fingerprint density at radius 2 is 1.86 bits per heavy atom. The summed E-state index contributed by atoms with van der Waals surface area (Å²) < 4.78 is 10.5. The lowest BCUT2D eigenvalue weighted by atomic mass is 9.97. The normalized spacial score (nSPS) is 15.8.